The van der Waals surface area contributed by atoms with Gasteiger partial charge in [0.2, 0.25) is 0 Å². The van der Waals surface area contributed by atoms with Crippen LogP contribution >= 0.6 is 11.6 Å². The predicted octanol–water partition coefficient (Wildman–Crippen LogP) is 2.70. The van der Waals surface area contributed by atoms with Crippen molar-refractivity contribution < 1.29 is 14.4 Å². The van der Waals surface area contributed by atoms with Crippen molar-refractivity contribution in [3.63, 3.8) is 0 Å². The van der Waals surface area contributed by atoms with Crippen LogP contribution in [0.3, 0.4) is 0 Å². The zero-order chi connectivity index (χ0) is 18.2. The zero-order valence-corrected chi connectivity index (χ0v) is 15.8. The second-order valence-corrected chi connectivity index (χ2v) is 6.41. The molecule has 0 radical (unpaired) electrons. The Labute approximate surface area is 154 Å². The SMILES string of the molecule is CC[NH+](CC)Cc1ccc(CNC(=O)c2cc(Cl)ccc2OC)cc1. The second kappa shape index (κ2) is 9.44. The fourth-order valence-corrected chi connectivity index (χ4v) is 2.87. The molecule has 0 saturated heterocycles. The Bertz CT molecular complexity index is 697. The summed E-state index contributed by atoms with van der Waals surface area (Å²) in [6, 6.07) is 13.4. The molecule has 0 atom stereocenters. The fraction of sp³-hybridized carbons (Fsp3) is 0.350. The van der Waals surface area contributed by atoms with Crippen molar-refractivity contribution in [2.45, 2.75) is 26.9 Å². The fourth-order valence-electron chi connectivity index (χ4n) is 2.70. The molecule has 0 spiro atoms. The molecule has 0 unspecified atom stereocenters. The van der Waals surface area contributed by atoms with Gasteiger partial charge in [0, 0.05) is 17.1 Å². The predicted molar refractivity (Wildman–Crippen MR) is 101 cm³/mol. The van der Waals surface area contributed by atoms with Crippen LogP contribution in [0.5, 0.6) is 5.75 Å². The third-order valence-electron chi connectivity index (χ3n) is 4.34. The molecule has 0 aliphatic rings. The summed E-state index contributed by atoms with van der Waals surface area (Å²) in [5, 5.41) is 3.43. The van der Waals surface area contributed by atoms with Crippen molar-refractivity contribution in [2.75, 3.05) is 20.2 Å². The van der Waals surface area contributed by atoms with Crippen LogP contribution in [-0.2, 0) is 13.1 Å². The number of methoxy groups -OCH3 is 1. The van der Waals surface area contributed by atoms with Gasteiger partial charge in [0.25, 0.3) is 5.91 Å². The minimum absolute atomic E-state index is 0.198. The Morgan fingerprint density at radius 2 is 1.72 bits per heavy atom. The number of hydrogen-bond donors (Lipinski definition) is 2. The number of hydrogen-bond acceptors (Lipinski definition) is 2. The standard InChI is InChI=1S/C20H25ClN2O2/c1-4-23(5-2)14-16-8-6-15(7-9-16)13-22-20(24)18-12-17(21)10-11-19(18)25-3/h6-12H,4-5,13-14H2,1-3H3,(H,22,24)/p+1. The van der Waals surface area contributed by atoms with Gasteiger partial charge >= 0.3 is 0 Å². The maximum Gasteiger partial charge on any atom is 0.255 e. The highest BCUT2D eigenvalue weighted by Crippen LogP contribution is 2.22. The number of benzene rings is 2. The molecule has 0 saturated carbocycles. The maximum absolute atomic E-state index is 12.4. The van der Waals surface area contributed by atoms with Crippen LogP contribution in [0, 0.1) is 0 Å². The summed E-state index contributed by atoms with van der Waals surface area (Å²) >= 11 is 5.98. The minimum atomic E-state index is -0.198. The van der Waals surface area contributed by atoms with E-state index in [1.54, 1.807) is 23.1 Å². The molecule has 25 heavy (non-hydrogen) atoms. The molecule has 5 heteroatoms. The van der Waals surface area contributed by atoms with E-state index >= 15 is 0 Å². The van der Waals surface area contributed by atoms with Gasteiger partial charge in [-0.1, -0.05) is 35.9 Å². The quantitative estimate of drug-likeness (QED) is 0.759. The van der Waals surface area contributed by atoms with E-state index in [1.165, 1.54) is 12.7 Å². The van der Waals surface area contributed by atoms with Crippen LogP contribution in [-0.4, -0.2) is 26.1 Å². The highest BCUT2D eigenvalue weighted by Gasteiger charge is 2.12. The number of ether oxygens (including phenoxy) is 1. The summed E-state index contributed by atoms with van der Waals surface area (Å²) in [5.74, 6) is 0.315. The van der Waals surface area contributed by atoms with Gasteiger partial charge in [-0.15, -0.1) is 0 Å². The van der Waals surface area contributed by atoms with Gasteiger partial charge < -0.3 is 15.0 Å². The van der Waals surface area contributed by atoms with Crippen molar-refractivity contribution >= 4 is 17.5 Å². The lowest BCUT2D eigenvalue weighted by Gasteiger charge is -2.15. The summed E-state index contributed by atoms with van der Waals surface area (Å²) in [6.45, 7) is 8.14. The van der Waals surface area contributed by atoms with Crippen molar-refractivity contribution in [3.05, 3.63) is 64.2 Å². The van der Waals surface area contributed by atoms with E-state index in [9.17, 15) is 4.79 Å². The lowest BCUT2D eigenvalue weighted by Crippen LogP contribution is -3.10. The topological polar surface area (TPSA) is 42.8 Å². The molecule has 0 bridgehead atoms. The number of amides is 1. The Hall–Kier alpha value is -2.04. The number of quaternary nitrogens is 1. The first kappa shape index (κ1) is 19.3. The molecule has 0 aliphatic heterocycles. The van der Waals surface area contributed by atoms with Gasteiger partial charge in [-0.25, -0.2) is 0 Å². The summed E-state index contributed by atoms with van der Waals surface area (Å²) < 4.78 is 5.23. The van der Waals surface area contributed by atoms with E-state index < -0.39 is 0 Å². The van der Waals surface area contributed by atoms with Crippen LogP contribution in [0.1, 0.15) is 35.3 Å². The third-order valence-corrected chi connectivity index (χ3v) is 4.57. The molecule has 2 aromatic carbocycles. The molecule has 4 nitrogen and oxygen atoms in total. The first-order chi connectivity index (χ1) is 12.1. The largest absolute Gasteiger partial charge is 0.496 e. The lowest BCUT2D eigenvalue weighted by molar-refractivity contribution is -0.910. The third kappa shape index (κ3) is 5.48. The van der Waals surface area contributed by atoms with Crippen molar-refractivity contribution in [1.82, 2.24) is 5.32 Å². The first-order valence-electron chi connectivity index (χ1n) is 8.60. The second-order valence-electron chi connectivity index (χ2n) is 5.98. The molecule has 0 aromatic heterocycles. The number of carbonyl (C=O) groups is 1. The molecular weight excluding hydrogens is 336 g/mol. The van der Waals surface area contributed by atoms with Crippen LogP contribution in [0.2, 0.25) is 5.02 Å². The minimum Gasteiger partial charge on any atom is -0.496 e. The van der Waals surface area contributed by atoms with Crippen molar-refractivity contribution in [2.24, 2.45) is 0 Å². The average Bonchev–Trinajstić information content (AvgIpc) is 2.65. The Kier molecular flexibility index (Phi) is 7.29. The van der Waals surface area contributed by atoms with Gasteiger partial charge in [0.05, 0.1) is 25.8 Å². The molecule has 2 rings (SSSR count). The van der Waals surface area contributed by atoms with Crippen LogP contribution in [0.15, 0.2) is 42.5 Å². The van der Waals surface area contributed by atoms with Crippen LogP contribution < -0.4 is 15.0 Å². The molecule has 2 aromatic rings. The number of rotatable bonds is 8. The Balaban J connectivity index is 1.97. The lowest BCUT2D eigenvalue weighted by atomic mass is 10.1. The summed E-state index contributed by atoms with van der Waals surface area (Å²) in [7, 11) is 1.54. The van der Waals surface area contributed by atoms with Crippen LogP contribution in [0.4, 0.5) is 0 Å². The highest BCUT2D eigenvalue weighted by molar-refractivity contribution is 6.31. The van der Waals surface area contributed by atoms with E-state index in [0.717, 1.165) is 25.2 Å². The van der Waals surface area contributed by atoms with Crippen molar-refractivity contribution in [3.8, 4) is 5.75 Å². The molecule has 0 heterocycles. The van der Waals surface area contributed by atoms with Crippen molar-refractivity contribution in [1.29, 1.82) is 0 Å². The summed E-state index contributed by atoms with van der Waals surface area (Å²) in [5.41, 5.74) is 2.81. The smallest absolute Gasteiger partial charge is 0.255 e. The number of nitrogens with one attached hydrogen (secondary N) is 2. The summed E-state index contributed by atoms with van der Waals surface area (Å²) in [6.07, 6.45) is 0. The van der Waals surface area contributed by atoms with E-state index in [4.69, 9.17) is 16.3 Å². The monoisotopic (exact) mass is 361 g/mol. The molecule has 0 fully saturated rings. The number of halogens is 1. The molecule has 134 valence electrons. The Morgan fingerprint density at radius 1 is 1.08 bits per heavy atom. The van der Waals surface area contributed by atoms with E-state index in [1.807, 2.05) is 0 Å². The zero-order valence-electron chi connectivity index (χ0n) is 15.1. The molecule has 2 N–H and O–H groups in total. The van der Waals surface area contributed by atoms with Gasteiger partial charge in [-0.05, 0) is 37.6 Å². The normalized spacial score (nSPS) is 10.8. The molecule has 0 aliphatic carbocycles. The Morgan fingerprint density at radius 3 is 2.32 bits per heavy atom. The first-order valence-corrected chi connectivity index (χ1v) is 8.98. The van der Waals surface area contributed by atoms with Gasteiger partial charge in [-0.3, -0.25) is 4.79 Å². The van der Waals surface area contributed by atoms with Crippen LogP contribution in [0.25, 0.3) is 0 Å². The number of carbonyl (C=O) groups excluding carboxylic acids is 1. The van der Waals surface area contributed by atoms with Gasteiger partial charge in [-0.2, -0.15) is 0 Å². The van der Waals surface area contributed by atoms with Gasteiger partial charge in [0.15, 0.2) is 0 Å². The molecule has 1 amide bonds. The van der Waals surface area contributed by atoms with E-state index in [-0.39, 0.29) is 5.91 Å². The maximum atomic E-state index is 12.4. The van der Waals surface area contributed by atoms with Gasteiger partial charge in [0.1, 0.15) is 12.3 Å². The molecular formula is C20H26ClN2O2+. The average molecular weight is 362 g/mol. The van der Waals surface area contributed by atoms with E-state index in [2.05, 4.69) is 43.4 Å². The summed E-state index contributed by atoms with van der Waals surface area (Å²) in [4.78, 5) is 13.9. The van der Waals surface area contributed by atoms with E-state index in [0.29, 0.717) is 22.9 Å². The highest BCUT2D eigenvalue weighted by atomic mass is 35.5.